The quantitative estimate of drug-likeness (QED) is 0.576. The first-order chi connectivity index (χ1) is 19.2. The van der Waals surface area contributed by atoms with Gasteiger partial charge in [0.25, 0.3) is 5.91 Å². The zero-order chi connectivity index (χ0) is 28.1. The number of amides is 4. The van der Waals surface area contributed by atoms with E-state index in [1.54, 1.807) is 9.80 Å². The van der Waals surface area contributed by atoms with Gasteiger partial charge >= 0.3 is 0 Å². The number of piperidine rings is 1. The van der Waals surface area contributed by atoms with Crippen molar-refractivity contribution in [2.45, 2.75) is 75.8 Å². The summed E-state index contributed by atoms with van der Waals surface area (Å²) in [6.45, 7) is 4.05. The lowest BCUT2D eigenvalue weighted by Crippen LogP contribution is -2.61. The molecular formula is C29H36F2N4O5. The maximum absolute atomic E-state index is 14.6. The average Bonchev–Trinajstić information content (AvgIpc) is 3.73. The fraction of sp³-hybridized carbons (Fsp3) is 0.655. The number of fused-ring (bicyclic) bond motifs is 1. The van der Waals surface area contributed by atoms with Gasteiger partial charge < -0.3 is 25.2 Å². The lowest BCUT2D eigenvalue weighted by atomic mass is 9.71. The van der Waals surface area contributed by atoms with Gasteiger partial charge in [0.2, 0.25) is 17.7 Å². The highest BCUT2D eigenvalue weighted by atomic mass is 19.2. The number of halogens is 2. The Kier molecular flexibility index (Phi) is 7.27. The number of anilines is 1. The molecule has 11 heteroatoms. The van der Waals surface area contributed by atoms with E-state index >= 15 is 0 Å². The van der Waals surface area contributed by atoms with Crippen molar-refractivity contribution in [3.05, 3.63) is 28.8 Å². The summed E-state index contributed by atoms with van der Waals surface area (Å²) >= 11 is 0. The summed E-state index contributed by atoms with van der Waals surface area (Å²) in [7, 11) is 0. The first-order valence-corrected chi connectivity index (χ1v) is 14.4. The third-order valence-electron chi connectivity index (χ3n) is 9.08. The molecule has 3 heterocycles. The first-order valence-electron chi connectivity index (χ1n) is 14.4. The monoisotopic (exact) mass is 558 g/mol. The molecular weight excluding hydrogens is 522 g/mol. The maximum Gasteiger partial charge on any atom is 0.256 e. The van der Waals surface area contributed by atoms with E-state index in [-0.39, 0.29) is 43.5 Å². The van der Waals surface area contributed by atoms with Crippen molar-refractivity contribution in [1.82, 2.24) is 15.5 Å². The molecule has 0 aromatic heterocycles. The van der Waals surface area contributed by atoms with Gasteiger partial charge in [0.15, 0.2) is 6.17 Å². The highest BCUT2D eigenvalue weighted by Crippen LogP contribution is 2.47. The Balaban J connectivity index is 1.23. The van der Waals surface area contributed by atoms with Crippen LogP contribution in [0.2, 0.25) is 0 Å². The second-order valence-electron chi connectivity index (χ2n) is 11.9. The van der Waals surface area contributed by atoms with Crippen LogP contribution < -0.4 is 15.5 Å². The number of alkyl halides is 2. The van der Waals surface area contributed by atoms with Crippen molar-refractivity contribution >= 4 is 29.3 Å². The molecule has 5 aliphatic rings. The van der Waals surface area contributed by atoms with Crippen LogP contribution in [0.3, 0.4) is 0 Å². The van der Waals surface area contributed by atoms with Gasteiger partial charge in [-0.2, -0.15) is 0 Å². The number of morpholine rings is 1. The number of ether oxygens (including phenoxy) is 1. The molecule has 6 atom stereocenters. The van der Waals surface area contributed by atoms with Gasteiger partial charge in [0.1, 0.15) is 6.17 Å². The van der Waals surface area contributed by atoms with Crippen LogP contribution in [0.15, 0.2) is 12.1 Å². The number of aryl methyl sites for hydroxylation is 1. The summed E-state index contributed by atoms with van der Waals surface area (Å²) in [6, 6.07) is 2.34. The Morgan fingerprint density at radius 1 is 1.05 bits per heavy atom. The van der Waals surface area contributed by atoms with Crippen LogP contribution in [0.1, 0.15) is 65.9 Å². The van der Waals surface area contributed by atoms with E-state index in [4.69, 9.17) is 4.74 Å². The minimum atomic E-state index is -1.84. The Morgan fingerprint density at radius 2 is 1.80 bits per heavy atom. The molecule has 0 radical (unpaired) electrons. The van der Waals surface area contributed by atoms with Crippen molar-refractivity contribution in [2.75, 3.05) is 37.7 Å². The van der Waals surface area contributed by atoms with Crippen molar-refractivity contribution in [2.24, 2.45) is 11.8 Å². The van der Waals surface area contributed by atoms with E-state index in [0.29, 0.717) is 44.0 Å². The number of hydrogen-bond acceptors (Lipinski definition) is 5. The second kappa shape index (κ2) is 10.7. The summed E-state index contributed by atoms with van der Waals surface area (Å²) < 4.78 is 34.0. The highest BCUT2D eigenvalue weighted by molar-refractivity contribution is 6.07. The van der Waals surface area contributed by atoms with E-state index in [9.17, 15) is 28.0 Å². The van der Waals surface area contributed by atoms with E-state index in [0.717, 1.165) is 24.0 Å². The Bertz CT molecular complexity index is 1220. The number of hydrogen-bond donors (Lipinski definition) is 2. The second-order valence-corrected chi connectivity index (χ2v) is 11.9. The molecule has 1 aromatic rings. The molecule has 2 saturated carbocycles. The molecule has 6 rings (SSSR count). The standard InChI is InChI=1S/C29H36F2N4O5/c1-15-10-19(16-2-3-16)27(21(11-15)29(39)34-6-8-40-9-7-34)35-14-17(12-24(35)37)32-28(38)20-13-23(36)33-26-18(20)4-5-22(30)25(26)31/h10-11,16-18,20,22,25-26H,2-9,12-14H2,1H3,(H,32,38)(H,33,36)/t17-,18?,20?,22?,25?,26?/m1/s1. The normalized spacial score (nSPS) is 32.5. The molecule has 3 aliphatic heterocycles. The Hall–Kier alpha value is -3.08. The number of nitrogens with zero attached hydrogens (tertiary/aromatic N) is 2. The summed E-state index contributed by atoms with van der Waals surface area (Å²) in [5, 5.41) is 5.48. The predicted molar refractivity (Wildman–Crippen MR) is 141 cm³/mol. The summed E-state index contributed by atoms with van der Waals surface area (Å²) in [6.07, 6.45) is -1.24. The van der Waals surface area contributed by atoms with Gasteiger partial charge in [-0.3, -0.25) is 19.2 Å². The molecule has 5 fully saturated rings. The fourth-order valence-electron chi connectivity index (χ4n) is 6.91. The highest BCUT2D eigenvalue weighted by Gasteiger charge is 2.50. The Labute approximate surface area is 232 Å². The van der Waals surface area contributed by atoms with Gasteiger partial charge in [-0.25, -0.2) is 8.78 Å². The van der Waals surface area contributed by atoms with Crippen molar-refractivity contribution < 1.29 is 32.7 Å². The van der Waals surface area contributed by atoms with Crippen molar-refractivity contribution in [3.63, 3.8) is 0 Å². The largest absolute Gasteiger partial charge is 0.378 e. The molecule has 40 heavy (non-hydrogen) atoms. The number of nitrogens with one attached hydrogen (secondary N) is 2. The zero-order valence-corrected chi connectivity index (χ0v) is 22.7. The van der Waals surface area contributed by atoms with Gasteiger partial charge in [0.05, 0.1) is 42.5 Å². The van der Waals surface area contributed by atoms with Gasteiger partial charge in [0, 0.05) is 32.5 Å². The van der Waals surface area contributed by atoms with Crippen LogP contribution in [0.5, 0.6) is 0 Å². The number of carbonyl (C=O) groups is 4. The first kappa shape index (κ1) is 27.1. The molecule has 2 aliphatic carbocycles. The van der Waals surface area contributed by atoms with Gasteiger partial charge in [-0.05, 0) is 61.6 Å². The average molecular weight is 559 g/mol. The molecule has 2 N–H and O–H groups in total. The van der Waals surface area contributed by atoms with Crippen LogP contribution in [0, 0.1) is 18.8 Å². The van der Waals surface area contributed by atoms with Crippen LogP contribution in [-0.4, -0.2) is 85.8 Å². The predicted octanol–water partition coefficient (Wildman–Crippen LogP) is 2.16. The van der Waals surface area contributed by atoms with E-state index in [1.807, 2.05) is 13.0 Å². The molecule has 0 bridgehead atoms. The summed E-state index contributed by atoms with van der Waals surface area (Å²) in [5.74, 6) is -2.20. The molecule has 3 saturated heterocycles. The Morgan fingerprint density at radius 3 is 2.52 bits per heavy atom. The summed E-state index contributed by atoms with van der Waals surface area (Å²) in [4.78, 5) is 56.2. The molecule has 0 spiro atoms. The minimum Gasteiger partial charge on any atom is -0.378 e. The lowest BCUT2D eigenvalue weighted by molar-refractivity contribution is -0.140. The summed E-state index contributed by atoms with van der Waals surface area (Å²) in [5.41, 5.74) is 3.07. The smallest absolute Gasteiger partial charge is 0.256 e. The van der Waals surface area contributed by atoms with E-state index in [1.165, 1.54) is 0 Å². The molecule has 9 nitrogen and oxygen atoms in total. The lowest BCUT2D eigenvalue weighted by Gasteiger charge is -2.43. The minimum absolute atomic E-state index is 0.00892. The van der Waals surface area contributed by atoms with E-state index in [2.05, 4.69) is 16.7 Å². The number of carbonyl (C=O) groups excluding carboxylic acids is 4. The topological polar surface area (TPSA) is 108 Å². The van der Waals surface area contributed by atoms with Crippen molar-refractivity contribution in [1.29, 1.82) is 0 Å². The fourth-order valence-corrected chi connectivity index (χ4v) is 6.91. The van der Waals surface area contributed by atoms with Crippen LogP contribution in [0.25, 0.3) is 0 Å². The maximum atomic E-state index is 14.6. The third-order valence-corrected chi connectivity index (χ3v) is 9.08. The van der Waals surface area contributed by atoms with Crippen molar-refractivity contribution in [3.8, 4) is 0 Å². The zero-order valence-electron chi connectivity index (χ0n) is 22.7. The third kappa shape index (κ3) is 5.08. The molecule has 4 amide bonds. The van der Waals surface area contributed by atoms with Crippen LogP contribution in [0.4, 0.5) is 14.5 Å². The van der Waals surface area contributed by atoms with Crippen LogP contribution in [-0.2, 0) is 19.1 Å². The number of benzene rings is 1. The SMILES string of the molecule is Cc1cc(C(=O)N2CCOCC2)c(N2C[C@H](NC(=O)C3CC(=O)NC4C(F)C(F)CCC34)CC2=O)c(C2CC2)c1. The van der Waals surface area contributed by atoms with Gasteiger partial charge in [-0.15, -0.1) is 0 Å². The molecule has 1 aromatic carbocycles. The number of rotatable bonds is 5. The van der Waals surface area contributed by atoms with Gasteiger partial charge in [-0.1, -0.05) is 6.07 Å². The van der Waals surface area contributed by atoms with Crippen LogP contribution >= 0.6 is 0 Å². The van der Waals surface area contributed by atoms with E-state index < -0.39 is 48.1 Å². The molecule has 216 valence electrons. The molecule has 5 unspecified atom stereocenters.